The van der Waals surface area contributed by atoms with Gasteiger partial charge in [-0.3, -0.25) is 4.99 Å². The summed E-state index contributed by atoms with van der Waals surface area (Å²) in [6, 6.07) is 8.83. The summed E-state index contributed by atoms with van der Waals surface area (Å²) in [4.78, 5) is 4.07. The first-order valence-corrected chi connectivity index (χ1v) is 5.89. The first-order chi connectivity index (χ1) is 8.42. The molecule has 3 rings (SSSR count). The molecule has 0 amide bonds. The Morgan fingerprint density at radius 2 is 2.24 bits per heavy atom. The highest BCUT2D eigenvalue weighted by atomic mass is 15.5. The van der Waals surface area contributed by atoms with Gasteiger partial charge in [-0.1, -0.05) is 24.3 Å². The Labute approximate surface area is 101 Å². The molecule has 1 atom stereocenters. The lowest BCUT2D eigenvalue weighted by atomic mass is 10.1. The summed E-state index contributed by atoms with van der Waals surface area (Å²) in [6.07, 6.45) is 11.1. The highest BCUT2D eigenvalue weighted by molar-refractivity contribution is 5.61. The number of fused-ring (bicyclic) bond motifs is 1. The van der Waals surface area contributed by atoms with Crippen molar-refractivity contribution >= 4 is 12.3 Å². The maximum Gasteiger partial charge on any atom is 0.0594 e. The summed E-state index contributed by atoms with van der Waals surface area (Å²) in [5.74, 6) is 0. The van der Waals surface area contributed by atoms with Crippen molar-refractivity contribution in [2.45, 2.75) is 19.0 Å². The second-order valence-corrected chi connectivity index (χ2v) is 4.29. The predicted octanol–water partition coefficient (Wildman–Crippen LogP) is 2.33. The number of benzene rings is 1. The summed E-state index contributed by atoms with van der Waals surface area (Å²) >= 11 is 0. The van der Waals surface area contributed by atoms with Crippen molar-refractivity contribution in [1.82, 2.24) is 10.4 Å². The van der Waals surface area contributed by atoms with E-state index in [9.17, 15) is 0 Å². The van der Waals surface area contributed by atoms with Gasteiger partial charge in [-0.25, -0.2) is 5.43 Å². The zero-order valence-corrected chi connectivity index (χ0v) is 9.58. The van der Waals surface area contributed by atoms with Gasteiger partial charge in [0.1, 0.15) is 0 Å². The van der Waals surface area contributed by atoms with Crippen molar-refractivity contribution < 1.29 is 0 Å². The molecule has 0 radical (unpaired) electrons. The van der Waals surface area contributed by atoms with Gasteiger partial charge in [0.05, 0.1) is 12.6 Å². The fourth-order valence-corrected chi connectivity index (χ4v) is 2.11. The lowest BCUT2D eigenvalue weighted by molar-refractivity contribution is 0.239. The number of rotatable bonds is 2. The largest absolute Gasteiger partial charge is 0.311 e. The van der Waals surface area contributed by atoms with Crippen molar-refractivity contribution in [2.75, 3.05) is 0 Å². The standard InChI is InChI=1S/C14H15N3/c1-2-4-13-11-17(10-7-12(13)3-1)16-14-5-8-15-9-6-14/h1-5,7-10,14,16H,6,11H2. The molecule has 3 nitrogen and oxygen atoms in total. The van der Waals surface area contributed by atoms with Gasteiger partial charge in [0.25, 0.3) is 0 Å². The van der Waals surface area contributed by atoms with Crippen molar-refractivity contribution in [3.63, 3.8) is 0 Å². The Morgan fingerprint density at radius 1 is 1.29 bits per heavy atom. The number of hydrazine groups is 1. The Kier molecular flexibility index (Phi) is 2.76. The monoisotopic (exact) mass is 225 g/mol. The van der Waals surface area contributed by atoms with Gasteiger partial charge in [-0.15, -0.1) is 0 Å². The summed E-state index contributed by atoms with van der Waals surface area (Å²) in [5.41, 5.74) is 6.14. The van der Waals surface area contributed by atoms with Gasteiger partial charge in [-0.05, 0) is 23.3 Å². The van der Waals surface area contributed by atoms with Crippen molar-refractivity contribution in [3.05, 3.63) is 53.9 Å². The highest BCUT2D eigenvalue weighted by Crippen LogP contribution is 2.18. The van der Waals surface area contributed by atoms with Gasteiger partial charge >= 0.3 is 0 Å². The molecule has 1 unspecified atom stereocenters. The zero-order chi connectivity index (χ0) is 11.5. The first-order valence-electron chi connectivity index (χ1n) is 5.89. The molecular formula is C14H15N3. The molecule has 17 heavy (non-hydrogen) atoms. The number of nitrogens with zero attached hydrogens (tertiary/aromatic N) is 2. The van der Waals surface area contributed by atoms with Crippen LogP contribution in [0, 0.1) is 0 Å². The molecule has 0 aromatic heterocycles. The van der Waals surface area contributed by atoms with Crippen LogP contribution < -0.4 is 5.43 Å². The van der Waals surface area contributed by atoms with E-state index in [1.54, 1.807) is 0 Å². The van der Waals surface area contributed by atoms with Crippen LogP contribution in [-0.2, 0) is 6.54 Å². The Balaban J connectivity index is 1.68. The fourth-order valence-electron chi connectivity index (χ4n) is 2.11. The molecule has 0 aliphatic carbocycles. The van der Waals surface area contributed by atoms with E-state index in [0.717, 1.165) is 13.0 Å². The van der Waals surface area contributed by atoms with Crippen molar-refractivity contribution in [3.8, 4) is 0 Å². The third kappa shape index (κ3) is 2.29. The van der Waals surface area contributed by atoms with E-state index >= 15 is 0 Å². The quantitative estimate of drug-likeness (QED) is 0.836. The summed E-state index contributed by atoms with van der Waals surface area (Å²) in [6.45, 7) is 0.911. The minimum atomic E-state index is 0.349. The normalized spacial score (nSPS) is 21.6. The third-order valence-electron chi connectivity index (χ3n) is 3.03. The van der Waals surface area contributed by atoms with Crippen molar-refractivity contribution in [2.24, 2.45) is 4.99 Å². The molecule has 0 saturated carbocycles. The van der Waals surface area contributed by atoms with E-state index in [0.29, 0.717) is 6.04 Å². The van der Waals surface area contributed by atoms with Gasteiger partial charge in [0.2, 0.25) is 0 Å². The molecule has 0 bridgehead atoms. The minimum Gasteiger partial charge on any atom is -0.311 e. The Morgan fingerprint density at radius 3 is 3.12 bits per heavy atom. The lowest BCUT2D eigenvalue weighted by Crippen LogP contribution is -2.41. The van der Waals surface area contributed by atoms with Crippen LogP contribution in [0.2, 0.25) is 0 Å². The first kappa shape index (κ1) is 10.3. The van der Waals surface area contributed by atoms with Crippen LogP contribution >= 0.6 is 0 Å². The van der Waals surface area contributed by atoms with Crippen LogP contribution in [0.5, 0.6) is 0 Å². The molecule has 0 fully saturated rings. The molecule has 1 aromatic rings. The lowest BCUT2D eigenvalue weighted by Gasteiger charge is -2.29. The number of hydrogen-bond acceptors (Lipinski definition) is 3. The van der Waals surface area contributed by atoms with E-state index < -0.39 is 0 Å². The molecule has 1 N–H and O–H groups in total. The molecular weight excluding hydrogens is 210 g/mol. The molecule has 2 aliphatic heterocycles. The van der Waals surface area contributed by atoms with E-state index in [-0.39, 0.29) is 0 Å². The van der Waals surface area contributed by atoms with E-state index in [4.69, 9.17) is 0 Å². The van der Waals surface area contributed by atoms with Crippen LogP contribution in [0.3, 0.4) is 0 Å². The molecule has 0 saturated heterocycles. The maximum atomic E-state index is 4.07. The van der Waals surface area contributed by atoms with Crippen LogP contribution in [0.25, 0.3) is 6.08 Å². The third-order valence-corrected chi connectivity index (χ3v) is 3.03. The average Bonchev–Trinajstić information content (AvgIpc) is 2.40. The van der Waals surface area contributed by atoms with E-state index in [1.165, 1.54) is 11.1 Å². The summed E-state index contributed by atoms with van der Waals surface area (Å²) in [5, 5.41) is 2.14. The van der Waals surface area contributed by atoms with Gasteiger partial charge < -0.3 is 5.01 Å². The highest BCUT2D eigenvalue weighted by Gasteiger charge is 2.13. The number of nitrogens with one attached hydrogen (secondary N) is 1. The van der Waals surface area contributed by atoms with Crippen LogP contribution in [0.15, 0.2) is 47.7 Å². The average molecular weight is 225 g/mol. The molecule has 3 heteroatoms. The van der Waals surface area contributed by atoms with E-state index in [1.807, 2.05) is 12.4 Å². The van der Waals surface area contributed by atoms with Crippen LogP contribution in [-0.4, -0.2) is 17.3 Å². The molecule has 1 aromatic carbocycles. The molecule has 86 valence electrons. The predicted molar refractivity (Wildman–Crippen MR) is 70.2 cm³/mol. The molecule has 2 heterocycles. The topological polar surface area (TPSA) is 27.6 Å². The fraction of sp³-hybridized carbons (Fsp3) is 0.214. The smallest absolute Gasteiger partial charge is 0.0594 e. The second-order valence-electron chi connectivity index (χ2n) is 4.29. The van der Waals surface area contributed by atoms with Gasteiger partial charge in [0.15, 0.2) is 0 Å². The second kappa shape index (κ2) is 4.55. The van der Waals surface area contributed by atoms with Gasteiger partial charge in [-0.2, -0.15) is 0 Å². The summed E-state index contributed by atoms with van der Waals surface area (Å²) in [7, 11) is 0. The minimum absolute atomic E-state index is 0.349. The molecule has 0 spiro atoms. The number of aliphatic imine (C=N–C) groups is 1. The maximum absolute atomic E-state index is 4.07. The Bertz CT molecular complexity index is 488. The SMILES string of the molecule is C1=CC(NN2C=Cc3ccccc3C2)CC=N1. The van der Waals surface area contributed by atoms with Crippen LogP contribution in [0.1, 0.15) is 17.5 Å². The van der Waals surface area contributed by atoms with Gasteiger partial charge in [0, 0.05) is 25.0 Å². The van der Waals surface area contributed by atoms with Crippen LogP contribution in [0.4, 0.5) is 0 Å². The zero-order valence-electron chi connectivity index (χ0n) is 9.58. The molecule has 2 aliphatic rings. The summed E-state index contributed by atoms with van der Waals surface area (Å²) < 4.78 is 0. The number of hydrogen-bond donors (Lipinski definition) is 1. The van der Waals surface area contributed by atoms with E-state index in [2.05, 4.69) is 58.0 Å². The van der Waals surface area contributed by atoms with Crippen molar-refractivity contribution in [1.29, 1.82) is 0 Å². The Hall–Kier alpha value is -1.87.